The Hall–Kier alpha value is -3.29. The van der Waals surface area contributed by atoms with Crippen LogP contribution in [0.3, 0.4) is 0 Å². The Balaban J connectivity index is 1.70. The standard InChI is InChI=1S/C25H25N5OS/c1-16-9-11-17(12-10-16)20-15-32-24-21(20)25(31)30-23(27-24)19-8-5-4-7-18(19)22(28-30)26-13-6-14-29(2)3/h4-5,7-12,15H,6,13-14H2,1-3H3,(H,26,28)/p+1. The van der Waals surface area contributed by atoms with E-state index in [0.717, 1.165) is 52.1 Å². The van der Waals surface area contributed by atoms with Gasteiger partial charge in [0.25, 0.3) is 5.56 Å². The van der Waals surface area contributed by atoms with E-state index in [0.29, 0.717) is 11.0 Å². The molecule has 0 spiro atoms. The van der Waals surface area contributed by atoms with Crippen LogP contribution in [0.25, 0.3) is 37.8 Å². The minimum atomic E-state index is -0.131. The van der Waals surface area contributed by atoms with Gasteiger partial charge in [0.05, 0.1) is 26.0 Å². The lowest BCUT2D eigenvalue weighted by molar-refractivity contribution is -0.858. The molecule has 5 rings (SSSR count). The molecule has 0 radical (unpaired) electrons. The average molecular weight is 445 g/mol. The highest BCUT2D eigenvalue weighted by Crippen LogP contribution is 2.32. The van der Waals surface area contributed by atoms with Gasteiger partial charge in [0.15, 0.2) is 11.5 Å². The molecule has 0 amide bonds. The summed E-state index contributed by atoms with van der Waals surface area (Å²) in [6, 6.07) is 16.2. The summed E-state index contributed by atoms with van der Waals surface area (Å²) in [6.45, 7) is 3.92. The zero-order valence-corrected chi connectivity index (χ0v) is 19.3. The minimum Gasteiger partial charge on any atom is -0.368 e. The lowest BCUT2D eigenvalue weighted by atomic mass is 10.1. The smallest absolute Gasteiger partial charge is 0.283 e. The number of aromatic nitrogens is 3. The fourth-order valence-electron chi connectivity index (χ4n) is 4.01. The van der Waals surface area contributed by atoms with E-state index in [1.54, 1.807) is 0 Å². The van der Waals surface area contributed by atoms with Crippen molar-refractivity contribution in [1.82, 2.24) is 14.6 Å². The molecule has 0 aliphatic heterocycles. The van der Waals surface area contributed by atoms with Crippen LogP contribution in [-0.2, 0) is 0 Å². The molecule has 7 heteroatoms. The number of aryl methyl sites for hydroxylation is 1. The number of nitrogens with zero attached hydrogens (tertiary/aromatic N) is 3. The summed E-state index contributed by atoms with van der Waals surface area (Å²) < 4.78 is 1.47. The van der Waals surface area contributed by atoms with Crippen molar-refractivity contribution in [3.05, 3.63) is 69.8 Å². The molecule has 32 heavy (non-hydrogen) atoms. The molecule has 5 aromatic rings. The second kappa shape index (κ2) is 8.33. The van der Waals surface area contributed by atoms with Crippen LogP contribution in [0, 0.1) is 6.92 Å². The van der Waals surface area contributed by atoms with E-state index < -0.39 is 0 Å². The van der Waals surface area contributed by atoms with Gasteiger partial charge in [-0.3, -0.25) is 4.79 Å². The summed E-state index contributed by atoms with van der Waals surface area (Å²) in [6.07, 6.45) is 1.02. The number of anilines is 1. The van der Waals surface area contributed by atoms with Crippen LogP contribution < -0.4 is 15.8 Å². The number of quaternary nitrogens is 1. The first-order chi connectivity index (χ1) is 15.5. The fraction of sp³-hybridized carbons (Fsp3) is 0.240. The first-order valence-corrected chi connectivity index (χ1v) is 11.7. The third-order valence-corrected chi connectivity index (χ3v) is 6.59. The molecular weight excluding hydrogens is 418 g/mol. The molecule has 0 fully saturated rings. The molecule has 0 unspecified atom stereocenters. The van der Waals surface area contributed by atoms with Gasteiger partial charge in [-0.2, -0.15) is 4.52 Å². The first-order valence-electron chi connectivity index (χ1n) is 10.9. The highest BCUT2D eigenvalue weighted by atomic mass is 32.1. The fourth-order valence-corrected chi connectivity index (χ4v) is 4.95. The minimum absolute atomic E-state index is 0.131. The number of benzene rings is 2. The van der Waals surface area contributed by atoms with Crippen molar-refractivity contribution in [2.24, 2.45) is 0 Å². The van der Waals surface area contributed by atoms with Gasteiger partial charge >= 0.3 is 0 Å². The van der Waals surface area contributed by atoms with Gasteiger partial charge in [-0.05, 0) is 12.5 Å². The van der Waals surface area contributed by atoms with Crippen LogP contribution in [0.1, 0.15) is 12.0 Å². The number of fused-ring (bicyclic) bond motifs is 4. The molecule has 2 N–H and O–H groups in total. The Morgan fingerprint density at radius 3 is 2.56 bits per heavy atom. The lowest BCUT2D eigenvalue weighted by Crippen LogP contribution is -3.05. The van der Waals surface area contributed by atoms with Crippen molar-refractivity contribution < 1.29 is 4.90 Å². The van der Waals surface area contributed by atoms with E-state index in [4.69, 9.17) is 10.1 Å². The monoisotopic (exact) mass is 444 g/mol. The molecule has 6 nitrogen and oxygen atoms in total. The molecule has 0 bridgehead atoms. The molecule has 3 aromatic heterocycles. The first kappa shape index (κ1) is 20.6. The molecule has 162 valence electrons. The van der Waals surface area contributed by atoms with Crippen molar-refractivity contribution in [3.8, 4) is 11.1 Å². The largest absolute Gasteiger partial charge is 0.368 e. The van der Waals surface area contributed by atoms with Gasteiger partial charge in [0, 0.05) is 34.7 Å². The Morgan fingerprint density at radius 2 is 1.81 bits per heavy atom. The molecule has 0 aliphatic carbocycles. The molecule has 0 saturated heterocycles. The van der Waals surface area contributed by atoms with Crippen LogP contribution in [0.5, 0.6) is 0 Å². The maximum Gasteiger partial charge on any atom is 0.283 e. The summed E-state index contributed by atoms with van der Waals surface area (Å²) >= 11 is 1.50. The normalized spacial score (nSPS) is 11.8. The summed E-state index contributed by atoms with van der Waals surface area (Å²) in [5.74, 6) is 0.720. The van der Waals surface area contributed by atoms with Crippen molar-refractivity contribution in [3.63, 3.8) is 0 Å². The number of hydrogen-bond acceptors (Lipinski definition) is 5. The van der Waals surface area contributed by atoms with E-state index in [2.05, 4.69) is 50.6 Å². The van der Waals surface area contributed by atoms with E-state index in [1.165, 1.54) is 26.3 Å². The van der Waals surface area contributed by atoms with Crippen LogP contribution in [0.15, 0.2) is 58.7 Å². The van der Waals surface area contributed by atoms with Crippen molar-refractivity contribution in [1.29, 1.82) is 0 Å². The third-order valence-electron chi connectivity index (χ3n) is 5.72. The number of rotatable bonds is 6. The summed E-state index contributed by atoms with van der Waals surface area (Å²) in [5, 5.41) is 12.7. The van der Waals surface area contributed by atoms with Crippen molar-refractivity contribution >= 4 is 43.8 Å². The maximum atomic E-state index is 13.7. The zero-order chi connectivity index (χ0) is 22.2. The Labute approximate surface area is 190 Å². The van der Waals surface area contributed by atoms with Gasteiger partial charge in [0.1, 0.15) is 4.83 Å². The molecule has 0 atom stereocenters. The quantitative estimate of drug-likeness (QED) is 0.311. The van der Waals surface area contributed by atoms with Gasteiger partial charge in [0.2, 0.25) is 0 Å². The average Bonchev–Trinajstić information content (AvgIpc) is 3.22. The maximum absolute atomic E-state index is 13.7. The zero-order valence-electron chi connectivity index (χ0n) is 18.5. The number of thiophene rings is 1. The molecule has 0 saturated carbocycles. The molecule has 3 heterocycles. The van der Waals surface area contributed by atoms with E-state index >= 15 is 0 Å². The summed E-state index contributed by atoms with van der Waals surface area (Å²) in [7, 11) is 4.29. The SMILES string of the molecule is Cc1ccc(-c2csc3nc4c5ccccc5c(NCCC[NH+](C)C)nn4c(=O)c23)cc1. The highest BCUT2D eigenvalue weighted by Gasteiger charge is 2.17. The van der Waals surface area contributed by atoms with Gasteiger partial charge in [-0.25, -0.2) is 4.98 Å². The van der Waals surface area contributed by atoms with E-state index in [-0.39, 0.29) is 5.56 Å². The van der Waals surface area contributed by atoms with Gasteiger partial charge in [-0.15, -0.1) is 16.4 Å². The van der Waals surface area contributed by atoms with Crippen molar-refractivity contribution in [2.75, 3.05) is 32.5 Å². The van der Waals surface area contributed by atoms with E-state index in [9.17, 15) is 4.79 Å². The lowest BCUT2D eigenvalue weighted by Gasteiger charge is -2.12. The van der Waals surface area contributed by atoms with Crippen LogP contribution >= 0.6 is 11.3 Å². The van der Waals surface area contributed by atoms with Crippen molar-refractivity contribution in [2.45, 2.75) is 13.3 Å². The van der Waals surface area contributed by atoms with Gasteiger partial charge < -0.3 is 10.2 Å². The van der Waals surface area contributed by atoms with Crippen LogP contribution in [-0.4, -0.2) is 41.8 Å². The van der Waals surface area contributed by atoms with Gasteiger partial charge in [-0.1, -0.05) is 54.1 Å². The second-order valence-corrected chi connectivity index (χ2v) is 9.34. The number of nitrogens with one attached hydrogen (secondary N) is 2. The molecular formula is C25H26N5OS+. The van der Waals surface area contributed by atoms with Crippen LogP contribution in [0.4, 0.5) is 5.82 Å². The topological polar surface area (TPSA) is 63.7 Å². The number of hydrogen-bond donors (Lipinski definition) is 2. The second-order valence-electron chi connectivity index (χ2n) is 8.48. The predicted molar refractivity (Wildman–Crippen MR) is 133 cm³/mol. The summed E-state index contributed by atoms with van der Waals surface area (Å²) in [4.78, 5) is 20.7. The van der Waals surface area contributed by atoms with Crippen LogP contribution in [0.2, 0.25) is 0 Å². The molecule has 0 aliphatic rings. The Morgan fingerprint density at radius 1 is 1.06 bits per heavy atom. The van der Waals surface area contributed by atoms with E-state index in [1.807, 2.05) is 29.6 Å². The predicted octanol–water partition coefficient (Wildman–Crippen LogP) is 3.38. The third kappa shape index (κ3) is 3.63. The Bertz CT molecular complexity index is 1480. The highest BCUT2D eigenvalue weighted by molar-refractivity contribution is 7.17. The molecule has 2 aromatic carbocycles. The summed E-state index contributed by atoms with van der Waals surface area (Å²) in [5.41, 5.74) is 3.58. The Kier molecular flexibility index (Phi) is 5.36.